The van der Waals surface area contributed by atoms with Crippen LogP contribution in [0.25, 0.3) is 0 Å². The molecule has 1 amide bonds. The Morgan fingerprint density at radius 3 is 2.30 bits per heavy atom. The van der Waals surface area contributed by atoms with Crippen molar-refractivity contribution < 1.29 is 21.6 Å². The van der Waals surface area contributed by atoms with E-state index in [4.69, 9.17) is 11.6 Å². The zero-order valence-corrected chi connectivity index (χ0v) is 12.1. The van der Waals surface area contributed by atoms with E-state index >= 15 is 0 Å². The number of carbonyl (C=O) groups is 1. The molecule has 20 heavy (non-hydrogen) atoms. The number of amides is 1. The average molecular weight is 322 g/mol. The summed E-state index contributed by atoms with van der Waals surface area (Å²) in [6.45, 7) is -0.616. The SMILES string of the molecule is CS(=O)(=O)c1ccc(NN)c(S(=O)(=O)NCC(N)=O)c1. The topological polar surface area (TPSA) is 161 Å². The molecule has 1 aromatic rings. The number of sulfonamides is 1. The van der Waals surface area contributed by atoms with Crippen molar-refractivity contribution in [2.45, 2.75) is 9.79 Å². The van der Waals surface area contributed by atoms with E-state index in [1.54, 1.807) is 0 Å². The smallest absolute Gasteiger partial charge is 0.243 e. The first-order valence-electron chi connectivity index (χ1n) is 5.16. The van der Waals surface area contributed by atoms with E-state index in [-0.39, 0.29) is 10.6 Å². The molecule has 0 fully saturated rings. The summed E-state index contributed by atoms with van der Waals surface area (Å²) in [6.07, 6.45) is 0.936. The first-order chi connectivity index (χ1) is 9.08. The van der Waals surface area contributed by atoms with Gasteiger partial charge < -0.3 is 11.2 Å². The van der Waals surface area contributed by atoms with Gasteiger partial charge in [-0.1, -0.05) is 0 Å². The second-order valence-corrected chi connectivity index (χ2v) is 7.62. The highest BCUT2D eigenvalue weighted by Crippen LogP contribution is 2.24. The van der Waals surface area contributed by atoms with E-state index in [0.717, 1.165) is 12.3 Å². The number of hydrazine groups is 1. The molecule has 0 heterocycles. The molecule has 0 aliphatic heterocycles. The number of carbonyl (C=O) groups excluding carboxylic acids is 1. The maximum Gasteiger partial charge on any atom is 0.243 e. The van der Waals surface area contributed by atoms with Crippen LogP contribution in [-0.2, 0) is 24.7 Å². The number of primary amides is 1. The van der Waals surface area contributed by atoms with Crippen LogP contribution in [0, 0.1) is 0 Å². The first-order valence-corrected chi connectivity index (χ1v) is 8.54. The van der Waals surface area contributed by atoms with E-state index in [1.165, 1.54) is 12.1 Å². The lowest BCUT2D eigenvalue weighted by Gasteiger charge is -2.11. The van der Waals surface area contributed by atoms with Crippen LogP contribution in [0.15, 0.2) is 28.0 Å². The molecule has 0 aliphatic rings. The molecule has 0 unspecified atom stereocenters. The lowest BCUT2D eigenvalue weighted by molar-refractivity contribution is -0.116. The number of hydrogen-bond donors (Lipinski definition) is 4. The molecule has 1 rings (SSSR count). The summed E-state index contributed by atoms with van der Waals surface area (Å²) in [5.41, 5.74) is 6.96. The Hall–Kier alpha value is -1.69. The lowest BCUT2D eigenvalue weighted by atomic mass is 10.3. The fourth-order valence-corrected chi connectivity index (χ4v) is 3.23. The highest BCUT2D eigenvalue weighted by Gasteiger charge is 2.21. The predicted octanol–water partition coefficient (Wildman–Crippen LogP) is -1.86. The Kier molecular flexibility index (Phi) is 4.70. The molecule has 0 aliphatic carbocycles. The van der Waals surface area contributed by atoms with Crippen LogP contribution in [0.3, 0.4) is 0 Å². The molecule has 112 valence electrons. The van der Waals surface area contributed by atoms with Crippen molar-refractivity contribution in [3.63, 3.8) is 0 Å². The van der Waals surface area contributed by atoms with Gasteiger partial charge in [0.05, 0.1) is 17.1 Å². The summed E-state index contributed by atoms with van der Waals surface area (Å²) in [5, 5.41) is 0. The minimum atomic E-state index is -4.14. The van der Waals surface area contributed by atoms with Crippen molar-refractivity contribution >= 4 is 31.5 Å². The van der Waals surface area contributed by atoms with Crippen LogP contribution in [0.1, 0.15) is 0 Å². The number of anilines is 1. The van der Waals surface area contributed by atoms with Gasteiger partial charge in [-0.15, -0.1) is 0 Å². The van der Waals surface area contributed by atoms with Gasteiger partial charge in [0.25, 0.3) is 0 Å². The maximum atomic E-state index is 12.0. The zero-order valence-electron chi connectivity index (χ0n) is 10.5. The van der Waals surface area contributed by atoms with Gasteiger partial charge in [0, 0.05) is 6.26 Å². The van der Waals surface area contributed by atoms with Crippen LogP contribution in [0.2, 0.25) is 0 Å². The number of nitrogen functional groups attached to an aromatic ring is 1. The summed E-state index contributed by atoms with van der Waals surface area (Å²) in [6, 6.07) is 3.35. The molecular weight excluding hydrogens is 308 g/mol. The molecule has 0 spiro atoms. The normalized spacial score (nSPS) is 12.1. The standard InChI is InChI=1S/C9H14N4O5S2/c1-19(15,16)6-2-3-7(13-11)8(4-6)20(17,18)12-5-9(10)14/h2-4,12-13H,5,11H2,1H3,(H2,10,14). The van der Waals surface area contributed by atoms with Crippen LogP contribution >= 0.6 is 0 Å². The molecule has 0 saturated carbocycles. The highest BCUT2D eigenvalue weighted by molar-refractivity contribution is 7.91. The van der Waals surface area contributed by atoms with E-state index in [9.17, 15) is 21.6 Å². The minimum absolute atomic E-state index is 0.0191. The predicted molar refractivity (Wildman–Crippen MR) is 71.7 cm³/mol. The highest BCUT2D eigenvalue weighted by atomic mass is 32.2. The number of benzene rings is 1. The Labute approximate surface area is 116 Å². The summed E-state index contributed by atoms with van der Waals surface area (Å²) < 4.78 is 48.8. The quantitative estimate of drug-likeness (QED) is 0.352. The number of sulfone groups is 1. The number of hydrogen-bond acceptors (Lipinski definition) is 7. The Balaban J connectivity index is 3.37. The van der Waals surface area contributed by atoms with Crippen LogP contribution in [-0.4, -0.2) is 35.5 Å². The summed E-state index contributed by atoms with van der Waals surface area (Å²) in [4.78, 5) is 10.0. The largest absolute Gasteiger partial charge is 0.369 e. The van der Waals surface area contributed by atoms with Gasteiger partial charge in [-0.3, -0.25) is 10.6 Å². The molecule has 0 radical (unpaired) electrons. The van der Waals surface area contributed by atoms with Gasteiger partial charge in [0.15, 0.2) is 9.84 Å². The van der Waals surface area contributed by atoms with Crippen LogP contribution in [0.4, 0.5) is 5.69 Å². The molecule has 9 nitrogen and oxygen atoms in total. The number of rotatable bonds is 6. The minimum Gasteiger partial charge on any atom is -0.369 e. The van der Waals surface area contributed by atoms with E-state index in [0.29, 0.717) is 0 Å². The van der Waals surface area contributed by atoms with Crippen molar-refractivity contribution in [2.75, 3.05) is 18.2 Å². The lowest BCUT2D eigenvalue weighted by Crippen LogP contribution is -2.34. The molecule has 11 heteroatoms. The van der Waals surface area contributed by atoms with Gasteiger partial charge in [-0.05, 0) is 18.2 Å². The molecule has 0 saturated heterocycles. The van der Waals surface area contributed by atoms with Crippen LogP contribution in [0.5, 0.6) is 0 Å². The Morgan fingerprint density at radius 1 is 1.25 bits per heavy atom. The number of nitrogens with two attached hydrogens (primary N) is 2. The van der Waals surface area contributed by atoms with Crippen LogP contribution < -0.4 is 21.7 Å². The molecule has 1 aromatic carbocycles. The summed E-state index contributed by atoms with van der Waals surface area (Å²) in [7, 11) is -7.73. The van der Waals surface area contributed by atoms with Gasteiger partial charge in [-0.25, -0.2) is 21.6 Å². The van der Waals surface area contributed by atoms with Crippen molar-refractivity contribution in [1.82, 2.24) is 4.72 Å². The van der Waals surface area contributed by atoms with Crippen molar-refractivity contribution in [1.29, 1.82) is 0 Å². The monoisotopic (exact) mass is 322 g/mol. The molecule has 0 atom stereocenters. The van der Waals surface area contributed by atoms with Crippen molar-refractivity contribution in [3.05, 3.63) is 18.2 Å². The van der Waals surface area contributed by atoms with E-state index < -0.39 is 37.2 Å². The first kappa shape index (κ1) is 16.4. The van der Waals surface area contributed by atoms with E-state index in [2.05, 4.69) is 5.43 Å². The zero-order chi connectivity index (χ0) is 15.6. The van der Waals surface area contributed by atoms with Gasteiger partial charge in [0.2, 0.25) is 15.9 Å². The summed E-state index contributed by atoms with van der Waals surface area (Å²) in [5.74, 6) is 4.30. The molecular formula is C9H14N4O5S2. The van der Waals surface area contributed by atoms with Crippen molar-refractivity contribution in [2.24, 2.45) is 11.6 Å². The third kappa shape index (κ3) is 3.90. The second kappa shape index (κ2) is 5.75. The Bertz CT molecular complexity index is 727. The van der Waals surface area contributed by atoms with Gasteiger partial charge >= 0.3 is 0 Å². The average Bonchev–Trinajstić information content (AvgIpc) is 2.34. The van der Waals surface area contributed by atoms with Crippen molar-refractivity contribution in [3.8, 4) is 0 Å². The fourth-order valence-electron chi connectivity index (χ4n) is 1.32. The van der Waals surface area contributed by atoms with E-state index in [1.807, 2.05) is 4.72 Å². The van der Waals surface area contributed by atoms with Gasteiger partial charge in [0.1, 0.15) is 4.90 Å². The fraction of sp³-hybridized carbons (Fsp3) is 0.222. The maximum absolute atomic E-state index is 12.0. The summed E-state index contributed by atoms with van der Waals surface area (Å²) >= 11 is 0. The molecule has 0 bridgehead atoms. The molecule has 0 aromatic heterocycles. The second-order valence-electron chi connectivity index (χ2n) is 3.87. The molecule has 6 N–H and O–H groups in total. The third-order valence-corrected chi connectivity index (χ3v) is 4.81. The third-order valence-electron chi connectivity index (χ3n) is 2.26. The Morgan fingerprint density at radius 2 is 1.85 bits per heavy atom. The number of nitrogens with one attached hydrogen (secondary N) is 2. The van der Waals surface area contributed by atoms with Gasteiger partial charge in [-0.2, -0.15) is 0 Å².